The van der Waals surface area contributed by atoms with E-state index in [2.05, 4.69) is 4.98 Å². The second kappa shape index (κ2) is 8.52. The molecule has 1 amide bonds. The van der Waals surface area contributed by atoms with Crippen LogP contribution in [0.5, 0.6) is 5.75 Å². The molecule has 0 atom stereocenters. The second-order valence-electron chi connectivity index (χ2n) is 6.83. The van der Waals surface area contributed by atoms with Gasteiger partial charge in [0.2, 0.25) is 0 Å². The van der Waals surface area contributed by atoms with Crippen molar-refractivity contribution in [3.63, 3.8) is 0 Å². The third-order valence-corrected chi connectivity index (χ3v) is 6.73. The number of aromatic nitrogens is 1. The fraction of sp³-hybridized carbons (Fsp3) is 0.182. The van der Waals surface area contributed by atoms with Gasteiger partial charge in [-0.15, -0.1) is 0 Å². The Hall–Kier alpha value is -3.17. The molecule has 0 N–H and O–H groups in total. The summed E-state index contributed by atoms with van der Waals surface area (Å²) in [5.41, 5.74) is 1.11. The number of carbonyl (C=O) groups is 1. The minimum Gasteiger partial charge on any atom is -0.494 e. The predicted octanol–water partition coefficient (Wildman–Crippen LogP) is 4.54. The Morgan fingerprint density at radius 3 is 2.58 bits per heavy atom. The van der Waals surface area contributed by atoms with E-state index in [-0.39, 0.29) is 17.3 Å². The number of rotatable bonds is 7. The lowest BCUT2D eigenvalue weighted by Crippen LogP contribution is -2.30. The first-order valence-electron chi connectivity index (χ1n) is 9.53. The average Bonchev–Trinajstić information content (AvgIpc) is 3.40. The van der Waals surface area contributed by atoms with Crippen LogP contribution in [-0.2, 0) is 16.4 Å². The summed E-state index contributed by atoms with van der Waals surface area (Å²) in [5, 5.41) is 0.511. The van der Waals surface area contributed by atoms with Gasteiger partial charge in [0.25, 0.3) is 5.91 Å². The molecule has 0 saturated heterocycles. The van der Waals surface area contributed by atoms with Gasteiger partial charge in [-0.05, 0) is 61.5 Å². The van der Waals surface area contributed by atoms with Gasteiger partial charge in [0.05, 0.1) is 34.5 Å². The number of hydrogen-bond donors (Lipinski definition) is 0. The van der Waals surface area contributed by atoms with E-state index in [9.17, 15) is 13.2 Å². The van der Waals surface area contributed by atoms with Crippen molar-refractivity contribution in [2.75, 3.05) is 17.8 Å². The summed E-state index contributed by atoms with van der Waals surface area (Å²) in [5.74, 6) is 1.04. The Morgan fingerprint density at radius 1 is 1.16 bits per heavy atom. The van der Waals surface area contributed by atoms with E-state index in [4.69, 9.17) is 9.15 Å². The highest BCUT2D eigenvalue weighted by atomic mass is 32.2. The summed E-state index contributed by atoms with van der Waals surface area (Å²) in [6.07, 6.45) is 2.68. The van der Waals surface area contributed by atoms with Crippen LogP contribution >= 0.6 is 11.3 Å². The maximum Gasteiger partial charge on any atom is 0.260 e. The Morgan fingerprint density at radius 2 is 1.94 bits per heavy atom. The molecule has 9 heteroatoms. The van der Waals surface area contributed by atoms with Crippen molar-refractivity contribution >= 4 is 42.4 Å². The largest absolute Gasteiger partial charge is 0.494 e. The smallest absolute Gasteiger partial charge is 0.260 e. The molecule has 0 aliphatic rings. The van der Waals surface area contributed by atoms with Gasteiger partial charge in [0.1, 0.15) is 11.5 Å². The third-order valence-electron chi connectivity index (χ3n) is 4.56. The minimum absolute atomic E-state index is 0.157. The topological polar surface area (TPSA) is 89.7 Å². The summed E-state index contributed by atoms with van der Waals surface area (Å²) >= 11 is 1.37. The average molecular weight is 457 g/mol. The number of hydrogen-bond acceptors (Lipinski definition) is 7. The molecule has 0 spiro atoms. The Balaban J connectivity index is 1.72. The maximum absolute atomic E-state index is 13.4. The van der Waals surface area contributed by atoms with E-state index in [1.165, 1.54) is 40.5 Å². The number of carbonyl (C=O) groups excluding carboxylic acids is 1. The van der Waals surface area contributed by atoms with Crippen molar-refractivity contribution in [2.45, 2.75) is 18.4 Å². The molecule has 0 aliphatic carbocycles. The molecule has 0 radical (unpaired) electrons. The lowest BCUT2D eigenvalue weighted by atomic mass is 10.2. The lowest BCUT2D eigenvalue weighted by molar-refractivity contribution is 0.0983. The molecular weight excluding hydrogens is 436 g/mol. The number of thiazole rings is 1. The molecule has 0 bridgehead atoms. The molecule has 2 aromatic carbocycles. The molecule has 0 aliphatic heterocycles. The van der Waals surface area contributed by atoms with Gasteiger partial charge in [-0.2, -0.15) is 0 Å². The first-order chi connectivity index (χ1) is 14.8. The zero-order valence-corrected chi connectivity index (χ0v) is 18.6. The number of nitrogens with zero attached hydrogens (tertiary/aromatic N) is 2. The van der Waals surface area contributed by atoms with E-state index in [1.54, 1.807) is 18.4 Å². The van der Waals surface area contributed by atoms with Crippen LogP contribution in [0.4, 0.5) is 5.13 Å². The van der Waals surface area contributed by atoms with Gasteiger partial charge in [0, 0.05) is 11.8 Å². The third kappa shape index (κ3) is 4.62. The van der Waals surface area contributed by atoms with E-state index >= 15 is 0 Å². The van der Waals surface area contributed by atoms with Gasteiger partial charge < -0.3 is 9.15 Å². The Bertz CT molecular complexity index is 1310. The van der Waals surface area contributed by atoms with Crippen LogP contribution in [0.2, 0.25) is 0 Å². The Kier molecular flexibility index (Phi) is 5.79. The highest BCUT2D eigenvalue weighted by molar-refractivity contribution is 7.90. The number of fused-ring (bicyclic) bond motifs is 1. The number of sulfone groups is 1. The second-order valence-corrected chi connectivity index (χ2v) is 9.85. The van der Waals surface area contributed by atoms with Crippen LogP contribution in [0.25, 0.3) is 10.2 Å². The van der Waals surface area contributed by atoms with Crippen molar-refractivity contribution in [1.29, 1.82) is 0 Å². The molecule has 2 heterocycles. The fourth-order valence-electron chi connectivity index (χ4n) is 3.05. The van der Waals surface area contributed by atoms with Crippen LogP contribution in [0.1, 0.15) is 23.0 Å². The number of amides is 1. The quantitative estimate of drug-likeness (QED) is 0.406. The highest BCUT2D eigenvalue weighted by Gasteiger charge is 2.23. The molecule has 4 rings (SSSR count). The Labute approximate surface area is 183 Å². The van der Waals surface area contributed by atoms with E-state index in [0.29, 0.717) is 23.1 Å². The number of furan rings is 1. The van der Waals surface area contributed by atoms with Crippen molar-refractivity contribution < 1.29 is 22.4 Å². The van der Waals surface area contributed by atoms with Crippen molar-refractivity contribution in [1.82, 2.24) is 4.98 Å². The maximum atomic E-state index is 13.4. The number of anilines is 1. The van der Waals surface area contributed by atoms with Crippen LogP contribution in [-0.4, -0.2) is 32.2 Å². The summed E-state index contributed by atoms with van der Waals surface area (Å²) in [4.78, 5) is 19.7. The molecule has 0 unspecified atom stereocenters. The normalized spacial score (nSPS) is 11.5. The molecule has 31 heavy (non-hydrogen) atoms. The van der Waals surface area contributed by atoms with E-state index in [1.807, 2.05) is 25.1 Å². The monoisotopic (exact) mass is 456 g/mol. The van der Waals surface area contributed by atoms with Crippen LogP contribution in [0.3, 0.4) is 0 Å². The lowest BCUT2D eigenvalue weighted by Gasteiger charge is -2.19. The molecular formula is C22H20N2O5S2. The van der Waals surface area contributed by atoms with Crippen LogP contribution in [0, 0.1) is 0 Å². The van der Waals surface area contributed by atoms with E-state index < -0.39 is 9.84 Å². The predicted molar refractivity (Wildman–Crippen MR) is 120 cm³/mol. The SMILES string of the molecule is CCOc1ccc2nc(N(Cc3ccco3)C(=O)c3ccc(S(C)(=O)=O)cc3)sc2c1. The molecule has 7 nitrogen and oxygen atoms in total. The molecule has 160 valence electrons. The van der Waals surface area contributed by atoms with E-state index in [0.717, 1.165) is 22.2 Å². The summed E-state index contributed by atoms with van der Waals surface area (Å²) in [7, 11) is -3.35. The van der Waals surface area contributed by atoms with Gasteiger partial charge in [-0.25, -0.2) is 13.4 Å². The summed E-state index contributed by atoms with van der Waals surface area (Å²) < 4.78 is 35.4. The molecule has 0 saturated carbocycles. The van der Waals surface area contributed by atoms with Crippen LogP contribution in [0.15, 0.2) is 70.2 Å². The van der Waals surface area contributed by atoms with Gasteiger partial charge in [0.15, 0.2) is 15.0 Å². The number of benzene rings is 2. The first kappa shape index (κ1) is 21.1. The standard InChI is InChI=1S/C22H20N2O5S2/c1-3-28-16-8-11-19-20(13-16)30-22(23-19)24(14-17-5-4-12-29-17)21(25)15-6-9-18(10-7-15)31(2,26)27/h4-13H,3,14H2,1-2H3. The number of ether oxygens (including phenoxy) is 1. The van der Waals surface area contributed by atoms with Gasteiger partial charge >= 0.3 is 0 Å². The first-order valence-corrected chi connectivity index (χ1v) is 12.2. The zero-order valence-electron chi connectivity index (χ0n) is 16.9. The van der Waals surface area contributed by atoms with Gasteiger partial charge in [-0.3, -0.25) is 9.69 Å². The molecule has 2 aromatic heterocycles. The summed E-state index contributed by atoms with van der Waals surface area (Å²) in [6, 6.07) is 15.0. The van der Waals surface area contributed by atoms with Gasteiger partial charge in [-0.1, -0.05) is 11.3 Å². The minimum atomic E-state index is -3.35. The van der Waals surface area contributed by atoms with Crippen molar-refractivity contribution in [3.8, 4) is 5.75 Å². The van der Waals surface area contributed by atoms with Crippen molar-refractivity contribution in [3.05, 3.63) is 72.2 Å². The van der Waals surface area contributed by atoms with Crippen molar-refractivity contribution in [2.24, 2.45) is 0 Å². The van der Waals surface area contributed by atoms with Crippen LogP contribution < -0.4 is 9.64 Å². The highest BCUT2D eigenvalue weighted by Crippen LogP contribution is 2.33. The fourth-order valence-corrected chi connectivity index (χ4v) is 4.67. The molecule has 0 fully saturated rings. The summed E-state index contributed by atoms with van der Waals surface area (Å²) in [6.45, 7) is 2.67. The molecule has 4 aromatic rings. The zero-order chi connectivity index (χ0) is 22.0.